The molecule has 1 atom stereocenters. The number of carbonyl (C=O) groups excluding carboxylic acids is 1. The minimum atomic E-state index is -0.382. The summed E-state index contributed by atoms with van der Waals surface area (Å²) >= 11 is 0. The van der Waals surface area contributed by atoms with Crippen LogP contribution in [0, 0.1) is 0 Å². The average Bonchev–Trinajstić information content (AvgIpc) is 3.07. The summed E-state index contributed by atoms with van der Waals surface area (Å²) in [6.45, 7) is 11.6. The lowest BCUT2D eigenvalue weighted by Gasteiger charge is -2.22. The molecule has 0 spiro atoms. The Morgan fingerprint density at radius 2 is 1.58 bits per heavy atom. The summed E-state index contributed by atoms with van der Waals surface area (Å²) in [5.74, 6) is 0.386. The highest BCUT2D eigenvalue weighted by atomic mass is 16.7. The molecule has 0 aliphatic carbocycles. The predicted octanol–water partition coefficient (Wildman–Crippen LogP) is 9.27. The Morgan fingerprint density at radius 1 is 0.822 bits per heavy atom. The van der Waals surface area contributed by atoms with Gasteiger partial charge in [-0.1, -0.05) is 81.4 Å². The standard InChI is InChI=1S/C40H46O5/c1-5-9-29-11-12-32-26-35(14-13-31(32)24-29)37-17-15-33(25-30(37)6-2)34-16-18-38(36(27-34)19-21-45-40(41)28(3)4)42-22-23-44-39-10-7-8-20-43-39/h11-18,24-27,39H,3,5-10,19-23H2,1-2,4H3. The molecule has 0 bridgehead atoms. The first-order chi connectivity index (χ1) is 21.9. The summed E-state index contributed by atoms with van der Waals surface area (Å²) in [6.07, 6.45) is 6.72. The summed E-state index contributed by atoms with van der Waals surface area (Å²) in [6, 6.07) is 26.6. The van der Waals surface area contributed by atoms with Gasteiger partial charge in [0.05, 0.1) is 13.2 Å². The lowest BCUT2D eigenvalue weighted by Crippen LogP contribution is -2.24. The van der Waals surface area contributed by atoms with E-state index in [1.165, 1.54) is 33.0 Å². The molecule has 4 aromatic rings. The topological polar surface area (TPSA) is 54.0 Å². The number of benzene rings is 4. The second-order valence-electron chi connectivity index (χ2n) is 11.9. The van der Waals surface area contributed by atoms with Crippen molar-refractivity contribution in [3.63, 3.8) is 0 Å². The smallest absolute Gasteiger partial charge is 0.333 e. The summed E-state index contributed by atoms with van der Waals surface area (Å²) in [5.41, 5.74) is 8.80. The van der Waals surface area contributed by atoms with Gasteiger partial charge in [-0.05, 0) is 107 Å². The number of esters is 1. The highest BCUT2D eigenvalue weighted by Gasteiger charge is 2.15. The molecule has 0 saturated carbocycles. The molecule has 1 aliphatic rings. The number of carbonyl (C=O) groups is 1. The molecule has 0 radical (unpaired) electrons. The molecular formula is C40H46O5. The van der Waals surface area contributed by atoms with E-state index in [1.807, 2.05) is 6.07 Å². The molecule has 1 aliphatic heterocycles. The van der Waals surface area contributed by atoms with Crippen LogP contribution in [-0.4, -0.2) is 38.7 Å². The zero-order valence-electron chi connectivity index (χ0n) is 27.0. The first kappa shape index (κ1) is 32.5. The van der Waals surface area contributed by atoms with Gasteiger partial charge in [0.15, 0.2) is 6.29 Å². The van der Waals surface area contributed by atoms with Crippen molar-refractivity contribution in [2.75, 3.05) is 26.4 Å². The molecule has 1 unspecified atom stereocenters. The van der Waals surface area contributed by atoms with Gasteiger partial charge in [-0.15, -0.1) is 0 Å². The summed E-state index contributed by atoms with van der Waals surface area (Å²) in [5, 5.41) is 2.56. The fourth-order valence-corrected chi connectivity index (χ4v) is 5.90. The molecule has 45 heavy (non-hydrogen) atoms. The largest absolute Gasteiger partial charge is 0.491 e. The normalized spacial score (nSPS) is 14.8. The van der Waals surface area contributed by atoms with Crippen LogP contribution in [0.2, 0.25) is 0 Å². The van der Waals surface area contributed by atoms with E-state index >= 15 is 0 Å². The Bertz CT molecular complexity index is 1610. The molecule has 1 heterocycles. The maximum atomic E-state index is 12.0. The fourth-order valence-electron chi connectivity index (χ4n) is 5.90. The molecule has 5 nitrogen and oxygen atoms in total. The van der Waals surface area contributed by atoms with Gasteiger partial charge in [0.25, 0.3) is 0 Å². The van der Waals surface area contributed by atoms with Crippen LogP contribution in [0.5, 0.6) is 5.75 Å². The average molecular weight is 607 g/mol. The number of hydrogen-bond donors (Lipinski definition) is 0. The maximum Gasteiger partial charge on any atom is 0.333 e. The molecule has 1 saturated heterocycles. The Hall–Kier alpha value is -3.93. The van der Waals surface area contributed by atoms with Gasteiger partial charge in [-0.25, -0.2) is 4.79 Å². The van der Waals surface area contributed by atoms with E-state index in [-0.39, 0.29) is 18.9 Å². The molecule has 5 heteroatoms. The molecular weight excluding hydrogens is 560 g/mol. The summed E-state index contributed by atoms with van der Waals surface area (Å²) in [4.78, 5) is 12.0. The van der Waals surface area contributed by atoms with Crippen LogP contribution in [0.15, 0.2) is 84.9 Å². The number of ether oxygens (including phenoxy) is 4. The van der Waals surface area contributed by atoms with Crippen molar-refractivity contribution in [2.24, 2.45) is 0 Å². The summed E-state index contributed by atoms with van der Waals surface area (Å²) < 4.78 is 23.1. The molecule has 0 aromatic heterocycles. The number of fused-ring (bicyclic) bond motifs is 1. The predicted molar refractivity (Wildman–Crippen MR) is 183 cm³/mol. The van der Waals surface area contributed by atoms with E-state index < -0.39 is 0 Å². The third-order valence-corrected chi connectivity index (χ3v) is 8.37. The monoisotopic (exact) mass is 606 g/mol. The molecule has 0 N–H and O–H groups in total. The lowest BCUT2D eigenvalue weighted by atomic mass is 9.91. The maximum absolute atomic E-state index is 12.0. The quantitative estimate of drug-likeness (QED) is 0.0814. The minimum Gasteiger partial charge on any atom is -0.491 e. The number of rotatable bonds is 14. The minimum absolute atomic E-state index is 0.144. The Labute approximate surface area is 268 Å². The Balaban J connectivity index is 1.35. The molecule has 1 fully saturated rings. The van der Waals surface area contributed by atoms with Gasteiger partial charge < -0.3 is 18.9 Å². The van der Waals surface area contributed by atoms with Crippen molar-refractivity contribution >= 4 is 16.7 Å². The van der Waals surface area contributed by atoms with Crippen LogP contribution < -0.4 is 4.74 Å². The molecule has 0 amide bonds. The van der Waals surface area contributed by atoms with E-state index in [2.05, 4.69) is 87.2 Å². The molecule has 4 aromatic carbocycles. The van der Waals surface area contributed by atoms with Crippen LogP contribution in [0.1, 0.15) is 63.1 Å². The zero-order chi connectivity index (χ0) is 31.6. The van der Waals surface area contributed by atoms with Gasteiger partial charge >= 0.3 is 5.97 Å². The lowest BCUT2D eigenvalue weighted by molar-refractivity contribution is -0.165. The van der Waals surface area contributed by atoms with Crippen LogP contribution in [0.25, 0.3) is 33.0 Å². The third kappa shape index (κ3) is 8.62. The van der Waals surface area contributed by atoms with Gasteiger partial charge in [0, 0.05) is 18.6 Å². The van der Waals surface area contributed by atoms with Gasteiger partial charge in [-0.2, -0.15) is 0 Å². The first-order valence-electron chi connectivity index (χ1n) is 16.4. The Morgan fingerprint density at radius 3 is 2.33 bits per heavy atom. The van der Waals surface area contributed by atoms with E-state index in [4.69, 9.17) is 18.9 Å². The first-order valence-corrected chi connectivity index (χ1v) is 16.4. The fraction of sp³-hybridized carbons (Fsp3) is 0.375. The van der Waals surface area contributed by atoms with E-state index in [9.17, 15) is 4.79 Å². The highest BCUT2D eigenvalue weighted by Crippen LogP contribution is 2.33. The SMILES string of the molecule is C=C(C)C(=O)OCCc1cc(-c2ccc(-c3ccc4cc(CCC)ccc4c3)c(CC)c2)ccc1OCCOC1CCCCO1. The van der Waals surface area contributed by atoms with Gasteiger partial charge in [-0.3, -0.25) is 0 Å². The third-order valence-electron chi connectivity index (χ3n) is 8.37. The number of aryl methyl sites for hydroxylation is 2. The van der Waals surface area contributed by atoms with Crippen molar-refractivity contribution in [3.8, 4) is 28.0 Å². The van der Waals surface area contributed by atoms with E-state index in [0.717, 1.165) is 67.6 Å². The van der Waals surface area contributed by atoms with Crippen molar-refractivity contribution in [2.45, 2.75) is 72.0 Å². The molecule has 236 valence electrons. The van der Waals surface area contributed by atoms with Crippen molar-refractivity contribution in [3.05, 3.63) is 102 Å². The van der Waals surface area contributed by atoms with Gasteiger partial charge in [0.2, 0.25) is 0 Å². The van der Waals surface area contributed by atoms with Crippen LogP contribution in [-0.2, 0) is 38.3 Å². The van der Waals surface area contributed by atoms with Crippen LogP contribution in [0.3, 0.4) is 0 Å². The van der Waals surface area contributed by atoms with E-state index in [1.54, 1.807) is 6.92 Å². The van der Waals surface area contributed by atoms with Crippen LogP contribution >= 0.6 is 0 Å². The van der Waals surface area contributed by atoms with Gasteiger partial charge in [0.1, 0.15) is 12.4 Å². The van der Waals surface area contributed by atoms with Crippen molar-refractivity contribution in [1.29, 1.82) is 0 Å². The second kappa shape index (κ2) is 15.9. The summed E-state index contributed by atoms with van der Waals surface area (Å²) in [7, 11) is 0. The highest BCUT2D eigenvalue weighted by molar-refractivity contribution is 5.89. The van der Waals surface area contributed by atoms with Crippen molar-refractivity contribution in [1.82, 2.24) is 0 Å². The molecule has 5 rings (SSSR count). The zero-order valence-corrected chi connectivity index (χ0v) is 27.0. The number of hydrogen-bond acceptors (Lipinski definition) is 5. The van der Waals surface area contributed by atoms with Crippen molar-refractivity contribution < 1.29 is 23.7 Å². The second-order valence-corrected chi connectivity index (χ2v) is 11.9. The Kier molecular flexibility index (Phi) is 11.5. The van der Waals surface area contributed by atoms with Crippen LogP contribution in [0.4, 0.5) is 0 Å². The van der Waals surface area contributed by atoms with E-state index in [0.29, 0.717) is 25.2 Å².